The molecular formula is C38H74N4O14S2. The summed E-state index contributed by atoms with van der Waals surface area (Å²) in [6, 6.07) is -1.28. The van der Waals surface area contributed by atoms with Crippen LogP contribution in [0.25, 0.3) is 0 Å². The van der Waals surface area contributed by atoms with Crippen LogP contribution in [-0.2, 0) is 47.6 Å². The molecule has 4 saturated heterocycles. The maximum absolute atomic E-state index is 11.3. The van der Waals surface area contributed by atoms with Gasteiger partial charge in [-0.3, -0.25) is 9.68 Å². The Morgan fingerprint density at radius 3 is 1.31 bits per heavy atom. The van der Waals surface area contributed by atoms with Crippen molar-refractivity contribution < 1.29 is 68.0 Å². The van der Waals surface area contributed by atoms with Gasteiger partial charge in [-0.05, 0) is 79.6 Å². The van der Waals surface area contributed by atoms with E-state index in [9.17, 15) is 20.4 Å². The number of aliphatic hydroxyl groups excluding tert-OH is 4. The van der Waals surface area contributed by atoms with Crippen LogP contribution >= 0.6 is 21.6 Å². The molecule has 20 heteroatoms. The van der Waals surface area contributed by atoms with Crippen LogP contribution in [0.5, 0.6) is 0 Å². The molecule has 4 fully saturated rings. The maximum Gasteiger partial charge on any atom is 0.186 e. The van der Waals surface area contributed by atoms with Gasteiger partial charge in [0.15, 0.2) is 25.2 Å². The molecule has 0 amide bonds. The number of rotatable bonds is 25. The summed E-state index contributed by atoms with van der Waals surface area (Å²) in [4.78, 5) is 11.8. The van der Waals surface area contributed by atoms with Crippen molar-refractivity contribution in [3.8, 4) is 0 Å². The molecule has 0 saturated carbocycles. The van der Waals surface area contributed by atoms with Gasteiger partial charge < -0.3 is 69.0 Å². The molecule has 18 atom stereocenters. The molecule has 0 aliphatic carbocycles. The van der Waals surface area contributed by atoms with Crippen molar-refractivity contribution in [1.29, 1.82) is 0 Å². The number of aliphatic hydroxyl groups is 4. The Morgan fingerprint density at radius 2 is 0.966 bits per heavy atom. The fourth-order valence-corrected chi connectivity index (χ4v) is 11.2. The van der Waals surface area contributed by atoms with Crippen LogP contribution < -0.4 is 21.6 Å². The van der Waals surface area contributed by atoms with Gasteiger partial charge in [0.2, 0.25) is 0 Å². The molecule has 0 bridgehead atoms. The maximum atomic E-state index is 11.3. The molecule has 0 aromatic heterocycles. The van der Waals surface area contributed by atoms with Crippen LogP contribution in [0.3, 0.4) is 0 Å². The second kappa shape index (κ2) is 26.6. The molecule has 0 spiro atoms. The van der Waals surface area contributed by atoms with Crippen LogP contribution in [0.15, 0.2) is 0 Å². The van der Waals surface area contributed by atoms with Gasteiger partial charge in [0.25, 0.3) is 0 Å². The minimum atomic E-state index is -0.986. The molecule has 4 rings (SSSR count). The van der Waals surface area contributed by atoms with Crippen molar-refractivity contribution in [2.75, 3.05) is 53.6 Å². The molecule has 0 radical (unpaired) electrons. The van der Waals surface area contributed by atoms with Crippen molar-refractivity contribution in [3.63, 3.8) is 0 Å². The highest BCUT2D eigenvalue weighted by molar-refractivity contribution is 8.77. The minimum Gasteiger partial charge on any atom is -0.392 e. The van der Waals surface area contributed by atoms with Gasteiger partial charge in [0.1, 0.15) is 24.4 Å². The van der Waals surface area contributed by atoms with Crippen LogP contribution in [0, 0.1) is 0 Å². The molecule has 18 nitrogen and oxygen atoms in total. The zero-order valence-electron chi connectivity index (χ0n) is 35.6. The van der Waals surface area contributed by atoms with Crippen LogP contribution in [0.4, 0.5) is 0 Å². The van der Waals surface area contributed by atoms with Gasteiger partial charge in [-0.15, -0.1) is 0 Å². The summed E-state index contributed by atoms with van der Waals surface area (Å²) < 4.78 is 47.3. The van der Waals surface area contributed by atoms with Gasteiger partial charge in [-0.2, -0.15) is 11.0 Å². The van der Waals surface area contributed by atoms with E-state index < -0.39 is 98.3 Å². The lowest BCUT2D eigenvalue weighted by atomic mass is 9.97. The lowest BCUT2D eigenvalue weighted by molar-refractivity contribution is -0.301. The molecule has 0 unspecified atom stereocenters. The fraction of sp³-hybridized carbons (Fsp3) is 1.00. The fourth-order valence-electron chi connectivity index (χ4n) is 7.50. The summed E-state index contributed by atoms with van der Waals surface area (Å²) >= 11 is 0. The number of hydrogen-bond acceptors (Lipinski definition) is 20. The standard InChI is InChI=1S/C38H74N4O14S2/c1-9-39-15-11-13-17-49-33-31(45)29(21(3)53-37(33)47-7)41-55-27-19-25(43)35(23(5)51-27)57-58-36-24(6)52-28(20-26(36)44)56-42-30-22(4)54-38(48-8)34(32(30)46)50-18-14-12-16-40-10-2/h21-46H,9-20H2,1-8H3/t21-,22-,23-,24-,25+,26+,27-,28-,29-,30-,31+,32+,33-,34-,35-,36-,37+,38+/m1/s1. The monoisotopic (exact) mass is 874 g/mol. The molecule has 0 aromatic rings. The van der Waals surface area contributed by atoms with Gasteiger partial charge in [0.05, 0.1) is 59.2 Å². The first-order valence-electron chi connectivity index (χ1n) is 21.1. The highest BCUT2D eigenvalue weighted by Crippen LogP contribution is 2.43. The van der Waals surface area contributed by atoms with E-state index in [1.165, 1.54) is 35.8 Å². The SMILES string of the molecule is CCNCCCCO[C@H]1[C@@H](OC)O[C@H](C)[C@@H](NO[C@@H]2C[C@H](O)[C@H](SS[C@H]3[C@@H](O)C[C@@H](ON[C@H]4[C@H](O)[C@@H](OCCCCNCC)[C@@H](OC)O[C@@H]4C)O[C@@H]3C)[C@@H](C)O2)[C@@H]1O. The molecule has 8 N–H and O–H groups in total. The molecule has 342 valence electrons. The highest BCUT2D eigenvalue weighted by atomic mass is 33.1. The molecule has 58 heavy (non-hydrogen) atoms. The highest BCUT2D eigenvalue weighted by Gasteiger charge is 2.48. The number of ether oxygens (including phenoxy) is 8. The van der Waals surface area contributed by atoms with Crippen LogP contribution in [0.2, 0.25) is 0 Å². The van der Waals surface area contributed by atoms with Crippen molar-refractivity contribution >= 4 is 21.6 Å². The summed E-state index contributed by atoms with van der Waals surface area (Å²) in [7, 11) is 5.92. The van der Waals surface area contributed by atoms with Gasteiger partial charge >= 0.3 is 0 Å². The zero-order chi connectivity index (χ0) is 42.2. The Bertz CT molecular complexity index is 1010. The first-order chi connectivity index (χ1) is 27.9. The van der Waals surface area contributed by atoms with Crippen molar-refractivity contribution in [2.45, 2.75) is 189 Å². The topological polar surface area (TPSA) is 221 Å². The quantitative estimate of drug-likeness (QED) is 0.0363. The minimum absolute atomic E-state index is 0.184. The van der Waals surface area contributed by atoms with Gasteiger partial charge in [0, 0.05) is 40.3 Å². The number of hydrogen-bond donors (Lipinski definition) is 8. The van der Waals surface area contributed by atoms with E-state index in [0.29, 0.717) is 13.2 Å². The Hall–Kier alpha value is -0.0200. The normalized spacial score (nSPS) is 41.2. The second-order valence-corrected chi connectivity index (χ2v) is 18.1. The zero-order valence-corrected chi connectivity index (χ0v) is 37.2. The van der Waals surface area contributed by atoms with Gasteiger partial charge in [-0.25, -0.2) is 0 Å². The molecule has 4 heterocycles. The number of nitrogens with one attached hydrogen (secondary N) is 4. The summed E-state index contributed by atoms with van der Waals surface area (Å²) in [6.07, 6.45) is -5.81. The predicted octanol–water partition coefficient (Wildman–Crippen LogP) is 0.930. The van der Waals surface area contributed by atoms with E-state index in [1.807, 2.05) is 27.7 Å². The summed E-state index contributed by atoms with van der Waals surface area (Å²) in [5.74, 6) is 0. The number of unbranched alkanes of at least 4 members (excludes halogenated alkanes) is 2. The average molecular weight is 875 g/mol. The van der Waals surface area contributed by atoms with Crippen LogP contribution in [-0.4, -0.2) is 183 Å². The lowest BCUT2D eigenvalue weighted by Crippen LogP contribution is -2.63. The largest absolute Gasteiger partial charge is 0.392 e. The van der Waals surface area contributed by atoms with Crippen LogP contribution in [0.1, 0.15) is 80.1 Å². The first-order valence-corrected chi connectivity index (χ1v) is 23.4. The number of hydroxylamine groups is 2. The molecule has 0 aromatic carbocycles. The van der Waals surface area contributed by atoms with Crippen molar-refractivity contribution in [2.24, 2.45) is 0 Å². The third-order valence-corrected chi connectivity index (χ3v) is 14.6. The van der Waals surface area contributed by atoms with E-state index in [4.69, 9.17) is 47.6 Å². The molecular weight excluding hydrogens is 801 g/mol. The van der Waals surface area contributed by atoms with Gasteiger partial charge in [-0.1, -0.05) is 35.4 Å². The average Bonchev–Trinajstić information content (AvgIpc) is 3.18. The third kappa shape index (κ3) is 14.8. The second-order valence-electron chi connectivity index (χ2n) is 15.5. The summed E-state index contributed by atoms with van der Waals surface area (Å²) in [6.45, 7) is 16.0. The molecule has 4 aliphatic heterocycles. The Labute approximate surface area is 352 Å². The van der Waals surface area contributed by atoms with E-state index >= 15 is 0 Å². The first kappa shape index (κ1) is 50.6. The predicted molar refractivity (Wildman–Crippen MR) is 218 cm³/mol. The summed E-state index contributed by atoms with van der Waals surface area (Å²) in [5.41, 5.74) is 5.86. The van der Waals surface area contributed by atoms with E-state index in [0.717, 1.165) is 51.9 Å². The number of methoxy groups -OCH3 is 2. The van der Waals surface area contributed by atoms with Crippen molar-refractivity contribution in [3.05, 3.63) is 0 Å². The smallest absolute Gasteiger partial charge is 0.186 e. The van der Waals surface area contributed by atoms with E-state index in [1.54, 1.807) is 0 Å². The van der Waals surface area contributed by atoms with E-state index in [-0.39, 0.29) is 23.3 Å². The Morgan fingerprint density at radius 1 is 0.569 bits per heavy atom. The third-order valence-electron chi connectivity index (χ3n) is 11.0. The Balaban J connectivity index is 1.19. The summed E-state index contributed by atoms with van der Waals surface area (Å²) in [5, 5.41) is 50.9. The van der Waals surface area contributed by atoms with E-state index in [2.05, 4.69) is 35.4 Å². The molecule has 4 aliphatic rings. The Kier molecular flexibility index (Phi) is 23.2. The van der Waals surface area contributed by atoms with Crippen molar-refractivity contribution in [1.82, 2.24) is 21.6 Å². The lowest BCUT2D eigenvalue weighted by Gasteiger charge is -2.44.